The summed E-state index contributed by atoms with van der Waals surface area (Å²) in [6, 6.07) is 5.18. The van der Waals surface area contributed by atoms with Crippen LogP contribution in [0.2, 0.25) is 0 Å². The van der Waals surface area contributed by atoms with Crippen molar-refractivity contribution < 1.29 is 14.3 Å². The molecule has 0 aliphatic heterocycles. The Balaban J connectivity index is 1.74. The lowest BCUT2D eigenvalue weighted by molar-refractivity contribution is 0.0718. The van der Waals surface area contributed by atoms with Gasteiger partial charge >= 0.3 is 5.97 Å². The van der Waals surface area contributed by atoms with Gasteiger partial charge in [-0.05, 0) is 52.3 Å². The molecule has 0 bridgehead atoms. The number of aromatic nitrogens is 6. The third kappa shape index (κ3) is 4.22. The summed E-state index contributed by atoms with van der Waals surface area (Å²) in [7, 11) is 1.72. The average Bonchev–Trinajstić information content (AvgIpc) is 3.23. The number of carbonyl (C=O) groups is 1. The Morgan fingerprint density at radius 1 is 1.29 bits per heavy atom. The fourth-order valence-electron chi connectivity index (χ4n) is 2.77. The number of aryl methyl sites for hydroxylation is 3. The molecule has 0 atom stereocenters. The van der Waals surface area contributed by atoms with Gasteiger partial charge in [-0.15, -0.1) is 5.10 Å². The van der Waals surface area contributed by atoms with Gasteiger partial charge in [-0.2, -0.15) is 5.10 Å². The highest BCUT2D eigenvalue weighted by molar-refractivity contribution is 9.10. The zero-order valence-electron chi connectivity index (χ0n) is 16.1. The van der Waals surface area contributed by atoms with Gasteiger partial charge in [0.1, 0.15) is 12.4 Å². The minimum absolute atomic E-state index is 0.358. The molecule has 2 aromatic heterocycles. The molecular formula is C18H21BrN6O3. The third-order valence-corrected chi connectivity index (χ3v) is 4.83. The average molecular weight is 449 g/mol. The number of rotatable bonds is 7. The lowest BCUT2D eigenvalue weighted by Crippen LogP contribution is -2.15. The van der Waals surface area contributed by atoms with Crippen LogP contribution in [0.1, 0.15) is 34.4 Å². The van der Waals surface area contributed by atoms with Crippen molar-refractivity contribution in [2.75, 3.05) is 6.61 Å². The van der Waals surface area contributed by atoms with Crippen LogP contribution in [0.15, 0.2) is 22.7 Å². The van der Waals surface area contributed by atoms with Crippen LogP contribution in [0.25, 0.3) is 0 Å². The molecule has 0 fully saturated rings. The van der Waals surface area contributed by atoms with E-state index in [1.807, 2.05) is 20.8 Å². The van der Waals surface area contributed by atoms with Crippen LogP contribution in [-0.4, -0.2) is 42.6 Å². The second kappa shape index (κ2) is 8.51. The minimum atomic E-state index is -0.466. The van der Waals surface area contributed by atoms with E-state index in [2.05, 4.69) is 36.6 Å². The zero-order valence-corrected chi connectivity index (χ0v) is 17.7. The van der Waals surface area contributed by atoms with Gasteiger partial charge in [0.05, 0.1) is 22.3 Å². The molecule has 0 saturated carbocycles. The van der Waals surface area contributed by atoms with E-state index in [0.717, 1.165) is 22.4 Å². The van der Waals surface area contributed by atoms with Gasteiger partial charge in [0, 0.05) is 25.1 Å². The molecular weight excluding hydrogens is 428 g/mol. The van der Waals surface area contributed by atoms with Gasteiger partial charge in [0.25, 0.3) is 0 Å². The number of tetrazole rings is 1. The molecule has 0 radical (unpaired) electrons. The summed E-state index contributed by atoms with van der Waals surface area (Å²) in [6.45, 7) is 6.51. The fraction of sp³-hybridized carbons (Fsp3) is 0.389. The van der Waals surface area contributed by atoms with Crippen molar-refractivity contribution in [2.24, 2.45) is 7.05 Å². The Morgan fingerprint density at radius 2 is 2.07 bits per heavy atom. The summed E-state index contributed by atoms with van der Waals surface area (Å²) >= 11 is 3.48. The number of hydrogen-bond donors (Lipinski definition) is 0. The number of hydrogen-bond acceptors (Lipinski definition) is 7. The highest BCUT2D eigenvalue weighted by Crippen LogP contribution is 2.32. The summed E-state index contributed by atoms with van der Waals surface area (Å²) in [5.74, 6) is 1.30. The molecule has 3 aromatic rings. The minimum Gasteiger partial charge on any atom is -0.490 e. The molecule has 0 aliphatic carbocycles. The molecule has 2 heterocycles. The highest BCUT2D eigenvalue weighted by atomic mass is 79.9. The second-order valence-electron chi connectivity index (χ2n) is 6.21. The van der Waals surface area contributed by atoms with Crippen LogP contribution in [0.3, 0.4) is 0 Å². The predicted molar refractivity (Wildman–Crippen MR) is 104 cm³/mol. The number of nitrogens with zero attached hydrogens (tertiary/aromatic N) is 6. The molecule has 148 valence electrons. The summed E-state index contributed by atoms with van der Waals surface area (Å²) in [4.78, 5) is 12.6. The molecule has 10 heteroatoms. The van der Waals surface area contributed by atoms with E-state index in [4.69, 9.17) is 9.47 Å². The van der Waals surface area contributed by atoms with Gasteiger partial charge in [-0.25, -0.2) is 14.2 Å². The molecule has 0 amide bonds. The van der Waals surface area contributed by atoms with E-state index in [-0.39, 0.29) is 0 Å². The molecule has 0 aliphatic rings. The van der Waals surface area contributed by atoms with Crippen LogP contribution in [0.5, 0.6) is 11.6 Å². The first kappa shape index (κ1) is 20.0. The van der Waals surface area contributed by atoms with Crippen molar-refractivity contribution in [3.05, 3.63) is 45.3 Å². The second-order valence-corrected chi connectivity index (χ2v) is 7.06. The topological polar surface area (TPSA) is 97.0 Å². The van der Waals surface area contributed by atoms with E-state index >= 15 is 0 Å². The Morgan fingerprint density at radius 3 is 2.75 bits per heavy atom. The first-order valence-corrected chi connectivity index (χ1v) is 9.59. The first-order valence-electron chi connectivity index (χ1n) is 8.80. The fourth-order valence-corrected chi connectivity index (χ4v) is 3.32. The van der Waals surface area contributed by atoms with Crippen LogP contribution < -0.4 is 9.47 Å². The zero-order chi connectivity index (χ0) is 20.3. The molecule has 0 N–H and O–H groups in total. The van der Waals surface area contributed by atoms with Crippen molar-refractivity contribution in [2.45, 2.75) is 33.7 Å². The maximum absolute atomic E-state index is 12.6. The van der Waals surface area contributed by atoms with E-state index in [1.54, 1.807) is 29.9 Å². The molecule has 9 nitrogen and oxygen atoms in total. The molecule has 0 unspecified atom stereocenters. The maximum Gasteiger partial charge on any atom is 0.345 e. The van der Waals surface area contributed by atoms with Crippen molar-refractivity contribution in [1.82, 2.24) is 30.0 Å². The lowest BCUT2D eigenvalue weighted by Gasteiger charge is -2.14. The van der Waals surface area contributed by atoms with Gasteiger partial charge in [0.15, 0.2) is 5.82 Å². The first-order chi connectivity index (χ1) is 13.4. The van der Waals surface area contributed by atoms with Crippen LogP contribution >= 0.6 is 15.9 Å². The standard InChI is InChI=1S/C18H21BrN6O3/c1-5-15-20-22-23-25(15)8-9-27-17-12(3)13(6-7-14(17)19)18(26)28-16-10-11(2)21-24(16)4/h6-7,10H,5,8-9H2,1-4H3. The Hall–Kier alpha value is -2.75. The summed E-state index contributed by atoms with van der Waals surface area (Å²) in [6.07, 6.45) is 0.741. The quantitative estimate of drug-likeness (QED) is 0.512. The third-order valence-electron chi connectivity index (χ3n) is 4.21. The van der Waals surface area contributed by atoms with Gasteiger partial charge in [-0.3, -0.25) is 0 Å². The van der Waals surface area contributed by atoms with Crippen LogP contribution in [-0.2, 0) is 20.0 Å². The highest BCUT2D eigenvalue weighted by Gasteiger charge is 2.19. The number of carbonyl (C=O) groups excluding carboxylic acids is 1. The van der Waals surface area contributed by atoms with Gasteiger partial charge in [0.2, 0.25) is 5.88 Å². The van der Waals surface area contributed by atoms with Crippen molar-refractivity contribution in [1.29, 1.82) is 0 Å². The molecule has 0 saturated heterocycles. The Labute approximate surface area is 170 Å². The van der Waals surface area contributed by atoms with E-state index in [1.165, 1.54) is 4.68 Å². The maximum atomic E-state index is 12.6. The summed E-state index contributed by atoms with van der Waals surface area (Å²) < 4.78 is 15.4. The number of benzene rings is 1. The number of ether oxygens (including phenoxy) is 2. The van der Waals surface area contributed by atoms with Gasteiger partial charge < -0.3 is 9.47 Å². The molecule has 1 aromatic carbocycles. The summed E-state index contributed by atoms with van der Waals surface area (Å²) in [5, 5.41) is 15.7. The number of esters is 1. The van der Waals surface area contributed by atoms with Crippen molar-refractivity contribution in [3.8, 4) is 11.6 Å². The van der Waals surface area contributed by atoms with Crippen molar-refractivity contribution in [3.63, 3.8) is 0 Å². The Kier molecular flexibility index (Phi) is 6.08. The predicted octanol–water partition coefficient (Wildman–Crippen LogP) is 2.65. The molecule has 3 rings (SSSR count). The molecule has 28 heavy (non-hydrogen) atoms. The Bertz CT molecular complexity index is 997. The summed E-state index contributed by atoms with van der Waals surface area (Å²) in [5.41, 5.74) is 1.88. The normalized spacial score (nSPS) is 10.9. The largest absolute Gasteiger partial charge is 0.490 e. The number of halogens is 1. The monoisotopic (exact) mass is 448 g/mol. The molecule has 0 spiro atoms. The van der Waals surface area contributed by atoms with E-state index in [9.17, 15) is 4.79 Å². The lowest BCUT2D eigenvalue weighted by atomic mass is 10.1. The SMILES string of the molecule is CCc1nnnn1CCOc1c(Br)ccc(C(=O)Oc2cc(C)nn2C)c1C. The van der Waals surface area contributed by atoms with Crippen LogP contribution in [0.4, 0.5) is 0 Å². The van der Waals surface area contributed by atoms with E-state index < -0.39 is 5.97 Å². The smallest absolute Gasteiger partial charge is 0.345 e. The van der Waals surface area contributed by atoms with Crippen molar-refractivity contribution >= 4 is 21.9 Å². The van der Waals surface area contributed by atoms with Gasteiger partial charge in [-0.1, -0.05) is 6.92 Å². The van der Waals surface area contributed by atoms with Crippen LogP contribution in [0, 0.1) is 13.8 Å². The van der Waals surface area contributed by atoms with E-state index in [0.29, 0.717) is 35.9 Å².